The van der Waals surface area contributed by atoms with Gasteiger partial charge in [-0.05, 0) is 44.7 Å². The first-order valence-corrected chi connectivity index (χ1v) is 6.11. The predicted octanol–water partition coefficient (Wildman–Crippen LogP) is 1.86. The lowest BCUT2D eigenvalue weighted by Crippen LogP contribution is -2.49. The molecule has 1 aliphatic heterocycles. The number of likely N-dealkylation sites (tertiary alicyclic amines) is 1. The number of likely N-dealkylation sites (N-methyl/N-ethyl adjacent to an activating group) is 1. The normalized spacial score (nSPS) is 32.6. The van der Waals surface area contributed by atoms with E-state index in [2.05, 4.69) is 24.2 Å². The van der Waals surface area contributed by atoms with Gasteiger partial charge in [-0.15, -0.1) is 0 Å². The standard InChI is InChI=1S/C12H24N2/c1-12(6-4-7-12)10-14-8-3-5-11(9-14)13-2/h11,13H,3-10H2,1-2H3. The van der Waals surface area contributed by atoms with Crippen molar-refractivity contribution in [2.45, 2.75) is 45.1 Å². The van der Waals surface area contributed by atoms with Crippen LogP contribution in [0.3, 0.4) is 0 Å². The van der Waals surface area contributed by atoms with Crippen LogP contribution in [-0.4, -0.2) is 37.6 Å². The third kappa shape index (κ3) is 2.29. The van der Waals surface area contributed by atoms with Gasteiger partial charge in [-0.3, -0.25) is 0 Å². The van der Waals surface area contributed by atoms with Crippen molar-refractivity contribution in [3.05, 3.63) is 0 Å². The van der Waals surface area contributed by atoms with Crippen molar-refractivity contribution >= 4 is 0 Å². The fourth-order valence-corrected chi connectivity index (χ4v) is 2.91. The Bertz CT molecular complexity index is 187. The van der Waals surface area contributed by atoms with Gasteiger partial charge in [0.05, 0.1) is 0 Å². The molecule has 2 heteroatoms. The van der Waals surface area contributed by atoms with E-state index in [1.165, 1.54) is 51.7 Å². The molecule has 2 nitrogen and oxygen atoms in total. The zero-order valence-electron chi connectivity index (χ0n) is 9.68. The number of rotatable bonds is 3. The number of piperidine rings is 1. The largest absolute Gasteiger partial charge is 0.316 e. The van der Waals surface area contributed by atoms with Gasteiger partial charge >= 0.3 is 0 Å². The molecular weight excluding hydrogens is 172 g/mol. The zero-order valence-corrected chi connectivity index (χ0v) is 9.68. The number of nitrogens with zero attached hydrogens (tertiary/aromatic N) is 1. The van der Waals surface area contributed by atoms with Gasteiger partial charge in [0.25, 0.3) is 0 Å². The minimum Gasteiger partial charge on any atom is -0.316 e. The van der Waals surface area contributed by atoms with E-state index in [1.54, 1.807) is 0 Å². The van der Waals surface area contributed by atoms with Gasteiger partial charge in [0.2, 0.25) is 0 Å². The van der Waals surface area contributed by atoms with E-state index in [-0.39, 0.29) is 0 Å². The highest BCUT2D eigenvalue weighted by Gasteiger charge is 2.34. The van der Waals surface area contributed by atoms with Gasteiger partial charge < -0.3 is 10.2 Å². The summed E-state index contributed by atoms with van der Waals surface area (Å²) in [6, 6.07) is 0.743. The maximum atomic E-state index is 3.41. The van der Waals surface area contributed by atoms with Crippen LogP contribution in [0.25, 0.3) is 0 Å². The van der Waals surface area contributed by atoms with Gasteiger partial charge in [0, 0.05) is 19.1 Å². The zero-order chi connectivity index (χ0) is 10.0. The Labute approximate surface area is 88.1 Å². The minimum absolute atomic E-state index is 0.662. The van der Waals surface area contributed by atoms with Gasteiger partial charge in [-0.1, -0.05) is 13.3 Å². The fourth-order valence-electron chi connectivity index (χ4n) is 2.91. The molecule has 0 radical (unpaired) electrons. The molecule has 1 unspecified atom stereocenters. The Kier molecular flexibility index (Phi) is 3.13. The van der Waals surface area contributed by atoms with E-state index in [1.807, 2.05) is 0 Å². The third-order valence-electron chi connectivity index (χ3n) is 4.08. The monoisotopic (exact) mass is 196 g/mol. The van der Waals surface area contributed by atoms with Crippen molar-refractivity contribution in [1.82, 2.24) is 10.2 Å². The molecule has 1 atom stereocenters. The molecule has 0 aromatic rings. The van der Waals surface area contributed by atoms with Gasteiger partial charge in [0.15, 0.2) is 0 Å². The molecule has 2 fully saturated rings. The third-order valence-corrected chi connectivity index (χ3v) is 4.08. The quantitative estimate of drug-likeness (QED) is 0.741. The summed E-state index contributed by atoms with van der Waals surface area (Å²) in [6.07, 6.45) is 7.10. The molecule has 0 amide bonds. The van der Waals surface area contributed by atoms with E-state index in [4.69, 9.17) is 0 Å². The first kappa shape index (κ1) is 10.4. The summed E-state index contributed by atoms with van der Waals surface area (Å²) < 4.78 is 0. The van der Waals surface area contributed by atoms with Crippen LogP contribution in [0.15, 0.2) is 0 Å². The molecule has 1 saturated carbocycles. The molecule has 0 bridgehead atoms. The Hall–Kier alpha value is -0.0800. The van der Waals surface area contributed by atoms with Crippen molar-refractivity contribution in [1.29, 1.82) is 0 Å². The van der Waals surface area contributed by atoms with Crippen LogP contribution in [0.4, 0.5) is 0 Å². The molecular formula is C12H24N2. The first-order chi connectivity index (χ1) is 6.72. The van der Waals surface area contributed by atoms with Crippen LogP contribution < -0.4 is 5.32 Å². The maximum Gasteiger partial charge on any atom is 0.0192 e. The second kappa shape index (κ2) is 4.19. The highest BCUT2D eigenvalue weighted by atomic mass is 15.2. The Morgan fingerprint density at radius 3 is 2.71 bits per heavy atom. The molecule has 14 heavy (non-hydrogen) atoms. The Morgan fingerprint density at radius 2 is 2.14 bits per heavy atom. The van der Waals surface area contributed by atoms with Crippen molar-refractivity contribution in [3.63, 3.8) is 0 Å². The van der Waals surface area contributed by atoms with E-state index in [0.717, 1.165) is 6.04 Å². The second-order valence-electron chi connectivity index (χ2n) is 5.53. The molecule has 0 aromatic heterocycles. The van der Waals surface area contributed by atoms with Crippen molar-refractivity contribution in [3.8, 4) is 0 Å². The summed E-state index contributed by atoms with van der Waals surface area (Å²) in [5.41, 5.74) is 0.662. The molecule has 82 valence electrons. The second-order valence-corrected chi connectivity index (χ2v) is 5.53. The average Bonchev–Trinajstić information content (AvgIpc) is 2.16. The molecule has 1 aliphatic carbocycles. The summed E-state index contributed by atoms with van der Waals surface area (Å²) in [5, 5.41) is 3.41. The number of hydrogen-bond donors (Lipinski definition) is 1. The van der Waals surface area contributed by atoms with E-state index >= 15 is 0 Å². The Morgan fingerprint density at radius 1 is 1.36 bits per heavy atom. The summed E-state index contributed by atoms with van der Waals surface area (Å²) in [7, 11) is 2.10. The molecule has 0 aromatic carbocycles. The first-order valence-electron chi connectivity index (χ1n) is 6.11. The van der Waals surface area contributed by atoms with Crippen LogP contribution in [0.5, 0.6) is 0 Å². The topological polar surface area (TPSA) is 15.3 Å². The smallest absolute Gasteiger partial charge is 0.0192 e. The van der Waals surface area contributed by atoms with E-state index < -0.39 is 0 Å². The maximum absolute atomic E-state index is 3.41. The van der Waals surface area contributed by atoms with Gasteiger partial charge in [0.1, 0.15) is 0 Å². The van der Waals surface area contributed by atoms with E-state index in [9.17, 15) is 0 Å². The molecule has 2 aliphatic rings. The van der Waals surface area contributed by atoms with Gasteiger partial charge in [-0.2, -0.15) is 0 Å². The van der Waals surface area contributed by atoms with Crippen LogP contribution in [0, 0.1) is 5.41 Å². The fraction of sp³-hybridized carbons (Fsp3) is 1.00. The summed E-state index contributed by atoms with van der Waals surface area (Å²) >= 11 is 0. The lowest BCUT2D eigenvalue weighted by Gasteiger charge is -2.44. The summed E-state index contributed by atoms with van der Waals surface area (Å²) in [6.45, 7) is 6.39. The highest BCUT2D eigenvalue weighted by Crippen LogP contribution is 2.41. The number of hydrogen-bond acceptors (Lipinski definition) is 2. The minimum atomic E-state index is 0.662. The van der Waals surface area contributed by atoms with Crippen molar-refractivity contribution < 1.29 is 0 Å². The van der Waals surface area contributed by atoms with E-state index in [0.29, 0.717) is 5.41 Å². The number of nitrogens with one attached hydrogen (secondary N) is 1. The lowest BCUT2D eigenvalue weighted by atomic mass is 9.70. The highest BCUT2D eigenvalue weighted by molar-refractivity contribution is 4.88. The van der Waals surface area contributed by atoms with Crippen LogP contribution in [-0.2, 0) is 0 Å². The lowest BCUT2D eigenvalue weighted by molar-refractivity contribution is 0.0664. The van der Waals surface area contributed by atoms with Crippen LogP contribution >= 0.6 is 0 Å². The summed E-state index contributed by atoms with van der Waals surface area (Å²) in [5.74, 6) is 0. The average molecular weight is 196 g/mol. The molecule has 1 N–H and O–H groups in total. The summed E-state index contributed by atoms with van der Waals surface area (Å²) in [4.78, 5) is 2.67. The van der Waals surface area contributed by atoms with Gasteiger partial charge in [-0.25, -0.2) is 0 Å². The Balaban J connectivity index is 1.79. The van der Waals surface area contributed by atoms with Crippen molar-refractivity contribution in [2.24, 2.45) is 5.41 Å². The van der Waals surface area contributed by atoms with Crippen LogP contribution in [0.2, 0.25) is 0 Å². The predicted molar refractivity (Wildman–Crippen MR) is 60.5 cm³/mol. The molecule has 1 saturated heterocycles. The molecule has 1 heterocycles. The molecule has 2 rings (SSSR count). The van der Waals surface area contributed by atoms with Crippen molar-refractivity contribution in [2.75, 3.05) is 26.7 Å². The SMILES string of the molecule is CNC1CCCN(CC2(C)CCC2)C1. The van der Waals surface area contributed by atoms with Crippen LogP contribution in [0.1, 0.15) is 39.0 Å². The molecule has 0 spiro atoms.